The second-order valence-electron chi connectivity index (χ2n) is 12.6. The van der Waals surface area contributed by atoms with Crippen LogP contribution in [0.2, 0.25) is 0 Å². The molecule has 5 aromatic carbocycles. The van der Waals surface area contributed by atoms with Gasteiger partial charge in [0.25, 0.3) is 0 Å². The minimum absolute atomic E-state index is 0.489. The molecule has 180 valence electrons. The molecular weight excluding hydrogens is 446 g/mol. The fourth-order valence-corrected chi connectivity index (χ4v) is 9.60. The average Bonchev–Trinajstić information content (AvgIpc) is 3.59. The van der Waals surface area contributed by atoms with Crippen molar-refractivity contribution >= 4 is 32.9 Å². The molecule has 1 spiro atoms. The van der Waals surface area contributed by atoms with Gasteiger partial charge in [-0.2, -0.15) is 0 Å². The maximum atomic E-state index is 3.65. The van der Waals surface area contributed by atoms with Crippen LogP contribution in [-0.4, -0.2) is 0 Å². The summed E-state index contributed by atoms with van der Waals surface area (Å²) in [5, 5.41) is 8.89. The van der Waals surface area contributed by atoms with E-state index in [9.17, 15) is 0 Å². The monoisotopic (exact) mass is 477 g/mol. The summed E-state index contributed by atoms with van der Waals surface area (Å²) in [6, 6.07) is 38.2. The number of benzene rings is 5. The molecule has 5 aliphatic rings. The Morgan fingerprint density at radius 1 is 0.649 bits per heavy atom. The van der Waals surface area contributed by atoms with E-state index < -0.39 is 0 Å². The lowest BCUT2D eigenvalue weighted by molar-refractivity contribution is 0.0381. The summed E-state index contributed by atoms with van der Waals surface area (Å²) in [7, 11) is 0. The summed E-state index contributed by atoms with van der Waals surface area (Å²) in [6.45, 7) is 0. The van der Waals surface area contributed by atoms with Crippen molar-refractivity contribution in [2.75, 3.05) is 5.32 Å². The van der Waals surface area contributed by atoms with Crippen molar-refractivity contribution < 1.29 is 0 Å². The second kappa shape index (κ2) is 7.04. The third-order valence-corrected chi connectivity index (χ3v) is 11.0. The predicted octanol–water partition coefficient (Wildman–Crippen LogP) is 9.48. The zero-order chi connectivity index (χ0) is 24.2. The maximum Gasteiger partial charge on any atom is 0.0384 e. The predicted molar refractivity (Wildman–Crippen MR) is 154 cm³/mol. The van der Waals surface area contributed by atoms with Gasteiger partial charge in [0.1, 0.15) is 0 Å². The highest BCUT2D eigenvalue weighted by molar-refractivity contribution is 6.13. The average molecular weight is 478 g/mol. The van der Waals surface area contributed by atoms with Crippen molar-refractivity contribution in [3.8, 4) is 11.1 Å². The first-order chi connectivity index (χ1) is 18.2. The summed E-state index contributed by atoms with van der Waals surface area (Å²) in [6.07, 6.45) is 7.48. The molecule has 5 fully saturated rings. The number of hydrogen-bond acceptors (Lipinski definition) is 1. The van der Waals surface area contributed by atoms with Gasteiger partial charge in [-0.05, 0) is 129 Å². The Kier molecular flexibility index (Phi) is 3.90. The number of anilines is 2. The van der Waals surface area contributed by atoms with Gasteiger partial charge >= 0.3 is 0 Å². The van der Waals surface area contributed by atoms with E-state index in [1.54, 1.807) is 12.0 Å². The second-order valence-corrected chi connectivity index (χ2v) is 12.6. The number of rotatable bonds is 4. The molecule has 0 saturated heterocycles. The molecule has 4 unspecified atom stereocenters. The first-order valence-electron chi connectivity index (χ1n) is 14.1. The van der Waals surface area contributed by atoms with Crippen LogP contribution in [-0.2, 0) is 5.41 Å². The van der Waals surface area contributed by atoms with Gasteiger partial charge in [0, 0.05) is 11.4 Å². The molecule has 1 heteroatoms. The van der Waals surface area contributed by atoms with Crippen LogP contribution in [0.25, 0.3) is 32.7 Å². The molecule has 0 aromatic heterocycles. The fraction of sp³-hybridized carbons (Fsp3) is 0.278. The molecule has 5 atom stereocenters. The molecule has 5 aromatic rings. The quantitative estimate of drug-likeness (QED) is 0.254. The van der Waals surface area contributed by atoms with Crippen LogP contribution >= 0.6 is 0 Å². The number of fused-ring (bicyclic) bond motifs is 4. The van der Waals surface area contributed by atoms with E-state index in [1.807, 2.05) is 0 Å². The smallest absolute Gasteiger partial charge is 0.0384 e. The maximum absolute atomic E-state index is 3.65. The summed E-state index contributed by atoms with van der Waals surface area (Å²) in [5.74, 6) is 3.17. The van der Waals surface area contributed by atoms with Gasteiger partial charge in [-0.3, -0.25) is 0 Å². The van der Waals surface area contributed by atoms with E-state index in [2.05, 4.69) is 108 Å². The van der Waals surface area contributed by atoms with Crippen LogP contribution in [0.1, 0.15) is 37.7 Å². The lowest BCUT2D eigenvalue weighted by Gasteiger charge is -2.45. The van der Waals surface area contributed by atoms with Gasteiger partial charge in [-0.1, -0.05) is 72.8 Å². The Balaban J connectivity index is 0.993. The Morgan fingerprint density at radius 2 is 1.35 bits per heavy atom. The van der Waals surface area contributed by atoms with E-state index in [0.29, 0.717) is 5.41 Å². The molecule has 3 bridgehead atoms. The highest BCUT2D eigenvalue weighted by atomic mass is 14.9. The normalized spacial score (nSPS) is 30.6. The van der Waals surface area contributed by atoms with E-state index >= 15 is 0 Å². The zero-order valence-corrected chi connectivity index (χ0v) is 21.1. The summed E-state index contributed by atoms with van der Waals surface area (Å²) < 4.78 is 0. The molecule has 5 saturated carbocycles. The van der Waals surface area contributed by atoms with E-state index in [1.165, 1.54) is 64.0 Å². The lowest BCUT2D eigenvalue weighted by Crippen LogP contribution is -2.38. The molecule has 10 rings (SSSR count). The van der Waals surface area contributed by atoms with Crippen LogP contribution in [0.3, 0.4) is 0 Å². The standard InChI is InChI=1S/C36H31N/c1-2-6-30-24(5-1)18-33(32-8-4-3-7-31(30)32)23-9-13-28(14-10-23)37-29-15-11-26(12-16-29)35-20-27-17-25-19-36(27,22-35)34(25)21-35/h1-16,18,25,27,34,37H,17,19-22H2/t25?,27?,34-,35?,36?/m1/s1. The van der Waals surface area contributed by atoms with Crippen LogP contribution < -0.4 is 5.32 Å². The van der Waals surface area contributed by atoms with Crippen LogP contribution in [0.5, 0.6) is 0 Å². The Labute approximate surface area is 218 Å². The molecule has 0 heterocycles. The Hall–Kier alpha value is -3.58. The SMILES string of the molecule is c1ccc2c(c1)cc(-c1ccc(Nc3ccc(C45CC6CC7CC6(C4)[C@@H]7C5)cc3)cc1)c1ccccc12. The van der Waals surface area contributed by atoms with Gasteiger partial charge in [0.15, 0.2) is 0 Å². The van der Waals surface area contributed by atoms with Gasteiger partial charge in [0.2, 0.25) is 0 Å². The molecule has 0 radical (unpaired) electrons. The number of nitrogens with one attached hydrogen (secondary N) is 1. The van der Waals surface area contributed by atoms with Gasteiger partial charge in [-0.15, -0.1) is 0 Å². The van der Waals surface area contributed by atoms with E-state index in [4.69, 9.17) is 0 Å². The Morgan fingerprint density at radius 3 is 2.11 bits per heavy atom. The van der Waals surface area contributed by atoms with Crippen LogP contribution in [0.15, 0.2) is 103 Å². The topological polar surface area (TPSA) is 12.0 Å². The minimum Gasteiger partial charge on any atom is -0.356 e. The van der Waals surface area contributed by atoms with Gasteiger partial charge < -0.3 is 5.32 Å². The summed E-state index contributed by atoms with van der Waals surface area (Å²) >= 11 is 0. The molecule has 37 heavy (non-hydrogen) atoms. The zero-order valence-electron chi connectivity index (χ0n) is 21.1. The van der Waals surface area contributed by atoms with Gasteiger partial charge in [-0.25, -0.2) is 0 Å². The van der Waals surface area contributed by atoms with Crippen molar-refractivity contribution in [2.24, 2.45) is 23.2 Å². The summed E-state index contributed by atoms with van der Waals surface area (Å²) in [5.41, 5.74) is 7.73. The molecule has 1 N–H and O–H groups in total. The molecule has 5 aliphatic carbocycles. The van der Waals surface area contributed by atoms with Crippen molar-refractivity contribution in [2.45, 2.75) is 37.5 Å². The first-order valence-corrected chi connectivity index (χ1v) is 14.1. The van der Waals surface area contributed by atoms with Crippen LogP contribution in [0.4, 0.5) is 11.4 Å². The van der Waals surface area contributed by atoms with Crippen molar-refractivity contribution in [3.63, 3.8) is 0 Å². The first kappa shape index (κ1) is 20.5. The third kappa shape index (κ3) is 2.70. The Bertz CT molecular complexity index is 1680. The molecule has 1 nitrogen and oxygen atoms in total. The van der Waals surface area contributed by atoms with Gasteiger partial charge in [0.05, 0.1) is 0 Å². The van der Waals surface area contributed by atoms with Crippen molar-refractivity contribution in [1.82, 2.24) is 0 Å². The third-order valence-electron chi connectivity index (χ3n) is 11.0. The summed E-state index contributed by atoms with van der Waals surface area (Å²) in [4.78, 5) is 0. The van der Waals surface area contributed by atoms with Crippen LogP contribution in [0, 0.1) is 23.2 Å². The fourth-order valence-electron chi connectivity index (χ4n) is 9.60. The molecular formula is C36H31N. The van der Waals surface area contributed by atoms with E-state index in [0.717, 1.165) is 28.9 Å². The molecule has 0 amide bonds. The van der Waals surface area contributed by atoms with Crippen molar-refractivity contribution in [3.05, 3.63) is 109 Å². The van der Waals surface area contributed by atoms with E-state index in [-0.39, 0.29) is 0 Å². The van der Waals surface area contributed by atoms with Crippen molar-refractivity contribution in [1.29, 1.82) is 0 Å². The highest BCUT2D eigenvalue weighted by Gasteiger charge is 2.76. The minimum atomic E-state index is 0.489. The lowest BCUT2D eigenvalue weighted by atomic mass is 9.59. The highest BCUT2D eigenvalue weighted by Crippen LogP contribution is 2.83. The number of hydrogen-bond donors (Lipinski definition) is 1. The largest absolute Gasteiger partial charge is 0.356 e. The molecule has 0 aliphatic heterocycles.